The van der Waals surface area contributed by atoms with Crippen LogP contribution < -0.4 is 0 Å². The van der Waals surface area contributed by atoms with E-state index in [9.17, 15) is 0 Å². The smallest absolute Gasteiger partial charge is 0.0426 e. The summed E-state index contributed by atoms with van der Waals surface area (Å²) in [4.78, 5) is 9.17. The van der Waals surface area contributed by atoms with E-state index in [2.05, 4.69) is 46.4 Å². The van der Waals surface area contributed by atoms with E-state index in [0.29, 0.717) is 0 Å². The van der Waals surface area contributed by atoms with E-state index in [1.807, 2.05) is 12.4 Å². The molecule has 0 N–H and O–H groups in total. The van der Waals surface area contributed by atoms with Crippen LogP contribution in [0.25, 0.3) is 0 Å². The molecule has 1 aromatic carbocycles. The van der Waals surface area contributed by atoms with Crippen molar-refractivity contribution in [2.45, 2.75) is 64.2 Å². The van der Waals surface area contributed by atoms with Crippen molar-refractivity contribution in [1.82, 2.24) is 0 Å². The topological polar surface area (TPSA) is 24.7 Å². The summed E-state index contributed by atoms with van der Waals surface area (Å²) in [7, 11) is 0. The van der Waals surface area contributed by atoms with Crippen molar-refractivity contribution in [2.24, 2.45) is 9.98 Å². The van der Waals surface area contributed by atoms with Crippen LogP contribution in [0.4, 0.5) is 0 Å². The Bertz CT molecular complexity index is 603. The van der Waals surface area contributed by atoms with Gasteiger partial charge in [-0.3, -0.25) is 9.98 Å². The maximum Gasteiger partial charge on any atom is 0.0426 e. The van der Waals surface area contributed by atoms with Crippen LogP contribution in [0.5, 0.6) is 0 Å². The Hall–Kier alpha value is -1.96. The van der Waals surface area contributed by atoms with Gasteiger partial charge in [0.25, 0.3) is 0 Å². The molecule has 2 aliphatic carbocycles. The van der Waals surface area contributed by atoms with Crippen LogP contribution in [0.2, 0.25) is 0 Å². The number of aliphatic imine (C=N–C) groups is 2. The molecule has 2 nitrogen and oxygen atoms in total. The number of allylic oxidation sites excluding steroid dienone is 2. The highest BCUT2D eigenvalue weighted by molar-refractivity contribution is 5.84. The van der Waals surface area contributed by atoms with Gasteiger partial charge in [0.05, 0.1) is 0 Å². The quantitative estimate of drug-likeness (QED) is 0.389. The fourth-order valence-corrected chi connectivity index (χ4v) is 3.69. The van der Waals surface area contributed by atoms with Crippen LogP contribution in [0.1, 0.15) is 75.3 Å². The highest BCUT2D eigenvalue weighted by Gasteiger charge is 2.03. The van der Waals surface area contributed by atoms with Gasteiger partial charge in [-0.1, -0.05) is 47.6 Å². The standard InChI is InChI=1S/C24H32N2/c1-3-7-21(8-4-1)15-17-25-19-23-11-13-24(14-12-23)20-26-18-16-22-9-5-2-6-10-22/h7,9,11-14,19-20H,1-6,8,10,15-18H2. The fourth-order valence-electron chi connectivity index (χ4n) is 3.69. The highest BCUT2D eigenvalue weighted by atomic mass is 14.7. The van der Waals surface area contributed by atoms with Crippen LogP contribution >= 0.6 is 0 Å². The van der Waals surface area contributed by atoms with Gasteiger partial charge < -0.3 is 0 Å². The molecule has 0 amide bonds. The lowest BCUT2D eigenvalue weighted by Crippen LogP contribution is -1.95. The minimum absolute atomic E-state index is 0.908. The molecule has 0 aliphatic heterocycles. The van der Waals surface area contributed by atoms with E-state index in [0.717, 1.165) is 25.9 Å². The molecule has 2 heteroatoms. The summed E-state index contributed by atoms with van der Waals surface area (Å²) in [5, 5.41) is 0. The van der Waals surface area contributed by atoms with E-state index in [1.54, 1.807) is 11.1 Å². The van der Waals surface area contributed by atoms with Crippen LogP contribution in [0, 0.1) is 0 Å². The van der Waals surface area contributed by atoms with Crippen molar-refractivity contribution in [3.8, 4) is 0 Å². The molecule has 0 bridgehead atoms. The van der Waals surface area contributed by atoms with Crippen LogP contribution in [-0.2, 0) is 0 Å². The van der Waals surface area contributed by atoms with Crippen molar-refractivity contribution in [3.05, 3.63) is 58.7 Å². The molecule has 0 saturated heterocycles. The summed E-state index contributed by atoms with van der Waals surface area (Å²) in [6.45, 7) is 1.82. The first kappa shape index (κ1) is 18.8. The second kappa shape index (κ2) is 10.9. The van der Waals surface area contributed by atoms with E-state index >= 15 is 0 Å². The number of rotatable bonds is 8. The SMILES string of the molecule is C(=NCCC1=CCCCC1)c1ccc(C=NCCC2=CCCCC2)cc1. The average Bonchev–Trinajstić information content (AvgIpc) is 2.71. The second-order valence-corrected chi connectivity index (χ2v) is 7.45. The van der Waals surface area contributed by atoms with Crippen molar-refractivity contribution < 1.29 is 0 Å². The van der Waals surface area contributed by atoms with Gasteiger partial charge in [0.1, 0.15) is 0 Å². The van der Waals surface area contributed by atoms with Gasteiger partial charge >= 0.3 is 0 Å². The van der Waals surface area contributed by atoms with Crippen molar-refractivity contribution >= 4 is 12.4 Å². The maximum absolute atomic E-state index is 4.59. The van der Waals surface area contributed by atoms with Crippen LogP contribution in [0.15, 0.2) is 57.5 Å². The van der Waals surface area contributed by atoms with Crippen LogP contribution in [-0.4, -0.2) is 25.5 Å². The molecule has 0 radical (unpaired) electrons. The summed E-state index contributed by atoms with van der Waals surface area (Å²) in [6, 6.07) is 8.53. The normalized spacial score (nSPS) is 18.3. The van der Waals surface area contributed by atoms with Gasteiger partial charge in [-0.25, -0.2) is 0 Å². The molecule has 0 spiro atoms. The van der Waals surface area contributed by atoms with Crippen molar-refractivity contribution in [3.63, 3.8) is 0 Å². The zero-order chi connectivity index (χ0) is 17.9. The minimum Gasteiger partial charge on any atom is -0.292 e. The minimum atomic E-state index is 0.908. The molecule has 0 heterocycles. The first-order valence-electron chi connectivity index (χ1n) is 10.4. The summed E-state index contributed by atoms with van der Waals surface area (Å²) in [5.41, 5.74) is 5.55. The highest BCUT2D eigenvalue weighted by Crippen LogP contribution is 2.20. The molecule has 0 fully saturated rings. The molecule has 138 valence electrons. The molecule has 0 saturated carbocycles. The van der Waals surface area contributed by atoms with E-state index in [-0.39, 0.29) is 0 Å². The molecule has 2 aliphatic rings. The van der Waals surface area contributed by atoms with Gasteiger partial charge in [0, 0.05) is 25.5 Å². The largest absolute Gasteiger partial charge is 0.292 e. The summed E-state index contributed by atoms with van der Waals surface area (Å²) >= 11 is 0. The first-order valence-corrected chi connectivity index (χ1v) is 10.4. The van der Waals surface area contributed by atoms with Gasteiger partial charge in [-0.05, 0) is 75.3 Å². The Kier molecular flexibility index (Phi) is 7.89. The summed E-state index contributed by atoms with van der Waals surface area (Å²) in [5.74, 6) is 0. The third-order valence-electron chi connectivity index (χ3n) is 5.31. The van der Waals surface area contributed by atoms with Crippen molar-refractivity contribution in [1.29, 1.82) is 0 Å². The Labute approximate surface area is 158 Å². The van der Waals surface area contributed by atoms with Crippen LogP contribution in [0.3, 0.4) is 0 Å². The maximum atomic E-state index is 4.59. The lowest BCUT2D eigenvalue weighted by Gasteiger charge is -2.10. The third kappa shape index (κ3) is 6.74. The molecule has 1 aromatic rings. The Morgan fingerprint density at radius 3 is 1.50 bits per heavy atom. The second-order valence-electron chi connectivity index (χ2n) is 7.45. The number of hydrogen-bond acceptors (Lipinski definition) is 2. The summed E-state index contributed by atoms with van der Waals surface area (Å²) in [6.07, 6.45) is 21.6. The lowest BCUT2D eigenvalue weighted by atomic mass is 9.97. The zero-order valence-electron chi connectivity index (χ0n) is 16.0. The Morgan fingerprint density at radius 1 is 0.654 bits per heavy atom. The molecule has 0 unspecified atom stereocenters. The van der Waals surface area contributed by atoms with E-state index < -0.39 is 0 Å². The number of hydrogen-bond donors (Lipinski definition) is 0. The molecule has 3 rings (SSSR count). The Balaban J connectivity index is 1.38. The third-order valence-corrected chi connectivity index (χ3v) is 5.31. The lowest BCUT2D eigenvalue weighted by molar-refractivity contribution is 0.676. The van der Waals surface area contributed by atoms with E-state index in [4.69, 9.17) is 0 Å². The number of benzene rings is 1. The van der Waals surface area contributed by atoms with Gasteiger partial charge in [-0.2, -0.15) is 0 Å². The van der Waals surface area contributed by atoms with E-state index in [1.165, 1.54) is 62.5 Å². The fraction of sp³-hybridized carbons (Fsp3) is 0.500. The molecular weight excluding hydrogens is 316 g/mol. The molecule has 0 atom stereocenters. The van der Waals surface area contributed by atoms with Gasteiger partial charge in [0.2, 0.25) is 0 Å². The van der Waals surface area contributed by atoms with Crippen molar-refractivity contribution in [2.75, 3.05) is 13.1 Å². The monoisotopic (exact) mass is 348 g/mol. The first-order chi connectivity index (χ1) is 12.9. The Morgan fingerprint density at radius 2 is 1.12 bits per heavy atom. The molecule has 0 aromatic heterocycles. The van der Waals surface area contributed by atoms with Gasteiger partial charge in [0.15, 0.2) is 0 Å². The molecule has 26 heavy (non-hydrogen) atoms. The number of nitrogens with zero attached hydrogens (tertiary/aromatic N) is 2. The predicted octanol–water partition coefficient (Wildman–Crippen LogP) is 6.31. The zero-order valence-corrected chi connectivity index (χ0v) is 16.0. The predicted molar refractivity (Wildman–Crippen MR) is 114 cm³/mol. The molecular formula is C24H32N2. The summed E-state index contributed by atoms with van der Waals surface area (Å²) < 4.78 is 0. The van der Waals surface area contributed by atoms with Gasteiger partial charge in [-0.15, -0.1) is 0 Å². The average molecular weight is 349 g/mol.